The second kappa shape index (κ2) is 3.80. The van der Waals surface area contributed by atoms with E-state index in [0.29, 0.717) is 22.6 Å². The maximum atomic E-state index is 13.9. The first-order valence-corrected chi connectivity index (χ1v) is 5.09. The normalized spacial score (nSPS) is 12.8. The van der Waals surface area contributed by atoms with Crippen molar-refractivity contribution in [2.75, 3.05) is 19.6 Å². The van der Waals surface area contributed by atoms with Crippen molar-refractivity contribution < 1.29 is 23.1 Å². The highest BCUT2D eigenvalue weighted by Gasteiger charge is 2.28. The lowest BCUT2D eigenvalue weighted by molar-refractivity contribution is 0.174. The molecule has 0 atom stereocenters. The van der Waals surface area contributed by atoms with Crippen LogP contribution in [0.5, 0.6) is 17.2 Å². The largest absolute Gasteiger partial charge is 0.493 e. The van der Waals surface area contributed by atoms with Crippen molar-refractivity contribution in [2.24, 2.45) is 0 Å². The number of anilines is 1. The number of methoxy groups -OCH3 is 1. The van der Waals surface area contributed by atoms with Crippen LogP contribution in [0.3, 0.4) is 0 Å². The Bertz CT molecular complexity index is 608. The number of nitrogens with two attached hydrogens (primary N) is 1. The third kappa shape index (κ3) is 1.37. The average molecular weight is 252 g/mol. The third-order valence-corrected chi connectivity index (χ3v) is 2.64. The molecular formula is C11H9FN2O4. The Kier molecular flexibility index (Phi) is 2.26. The molecule has 2 heterocycles. The van der Waals surface area contributed by atoms with Gasteiger partial charge in [-0.1, -0.05) is 5.16 Å². The molecule has 7 heteroatoms. The van der Waals surface area contributed by atoms with Crippen LogP contribution in [0, 0.1) is 5.82 Å². The molecule has 0 aliphatic carbocycles. The Labute approximate surface area is 101 Å². The lowest BCUT2D eigenvalue weighted by Gasteiger charge is -2.11. The molecule has 3 rings (SSSR count). The minimum atomic E-state index is -0.572. The molecule has 1 aromatic carbocycles. The van der Waals surface area contributed by atoms with E-state index in [0.717, 1.165) is 0 Å². The summed E-state index contributed by atoms with van der Waals surface area (Å²) in [7, 11) is 1.35. The van der Waals surface area contributed by atoms with Crippen molar-refractivity contribution >= 4 is 5.88 Å². The zero-order valence-electron chi connectivity index (χ0n) is 9.40. The van der Waals surface area contributed by atoms with E-state index >= 15 is 0 Å². The Morgan fingerprint density at radius 3 is 2.94 bits per heavy atom. The average Bonchev–Trinajstić information content (AvgIpc) is 2.96. The van der Waals surface area contributed by atoms with Crippen LogP contribution in [0.25, 0.3) is 11.1 Å². The van der Waals surface area contributed by atoms with Crippen molar-refractivity contribution in [3.05, 3.63) is 18.1 Å². The minimum Gasteiger partial charge on any atom is -0.493 e. The minimum absolute atomic E-state index is 0.00847. The number of ether oxygens (including phenoxy) is 3. The van der Waals surface area contributed by atoms with Gasteiger partial charge in [-0.05, 0) is 0 Å². The van der Waals surface area contributed by atoms with Crippen molar-refractivity contribution in [3.8, 4) is 28.4 Å². The molecule has 2 N–H and O–H groups in total. The number of aromatic nitrogens is 1. The number of fused-ring (bicyclic) bond motifs is 1. The lowest BCUT2D eigenvalue weighted by atomic mass is 10.1. The van der Waals surface area contributed by atoms with E-state index in [9.17, 15) is 4.39 Å². The molecule has 6 nitrogen and oxygen atoms in total. The fraction of sp³-hybridized carbons (Fsp3) is 0.182. The van der Waals surface area contributed by atoms with Crippen LogP contribution in [-0.4, -0.2) is 19.1 Å². The van der Waals surface area contributed by atoms with Crippen LogP contribution in [0.4, 0.5) is 10.3 Å². The van der Waals surface area contributed by atoms with E-state index < -0.39 is 5.82 Å². The molecule has 1 aliphatic rings. The van der Waals surface area contributed by atoms with Crippen molar-refractivity contribution in [1.29, 1.82) is 0 Å². The first kappa shape index (κ1) is 10.7. The summed E-state index contributed by atoms with van der Waals surface area (Å²) in [6, 6.07) is 1.20. The Hall–Kier alpha value is -2.44. The van der Waals surface area contributed by atoms with Gasteiger partial charge in [0.25, 0.3) is 0 Å². The number of hydrogen-bond donors (Lipinski definition) is 1. The highest BCUT2D eigenvalue weighted by Crippen LogP contribution is 2.49. The molecule has 0 unspecified atom stereocenters. The van der Waals surface area contributed by atoms with Gasteiger partial charge in [0.15, 0.2) is 23.1 Å². The van der Waals surface area contributed by atoms with Gasteiger partial charge in [-0.25, -0.2) is 4.39 Å². The van der Waals surface area contributed by atoms with Gasteiger partial charge < -0.3 is 24.5 Å². The number of nitrogens with zero attached hydrogens (tertiary/aromatic N) is 1. The van der Waals surface area contributed by atoms with Crippen LogP contribution < -0.4 is 19.9 Å². The first-order valence-electron chi connectivity index (χ1n) is 5.09. The van der Waals surface area contributed by atoms with Crippen LogP contribution in [0.2, 0.25) is 0 Å². The van der Waals surface area contributed by atoms with Gasteiger partial charge in [0.2, 0.25) is 12.7 Å². The molecule has 94 valence electrons. The molecule has 0 spiro atoms. The van der Waals surface area contributed by atoms with E-state index in [4.69, 9.17) is 24.5 Å². The second-order valence-electron chi connectivity index (χ2n) is 3.60. The van der Waals surface area contributed by atoms with E-state index in [-0.39, 0.29) is 18.4 Å². The maximum Gasteiger partial charge on any atom is 0.231 e. The molecule has 1 aromatic heterocycles. The Morgan fingerprint density at radius 2 is 2.28 bits per heavy atom. The lowest BCUT2D eigenvalue weighted by Crippen LogP contribution is -1.96. The molecule has 0 saturated heterocycles. The third-order valence-electron chi connectivity index (χ3n) is 2.64. The molecule has 18 heavy (non-hydrogen) atoms. The van der Waals surface area contributed by atoms with Crippen molar-refractivity contribution in [3.63, 3.8) is 0 Å². The summed E-state index contributed by atoms with van der Waals surface area (Å²) >= 11 is 0. The van der Waals surface area contributed by atoms with E-state index in [1.165, 1.54) is 19.4 Å². The molecule has 2 aromatic rings. The summed E-state index contributed by atoms with van der Waals surface area (Å²) in [5.74, 6) is 0.148. The van der Waals surface area contributed by atoms with Gasteiger partial charge in [-0.3, -0.25) is 0 Å². The van der Waals surface area contributed by atoms with Gasteiger partial charge in [0, 0.05) is 6.07 Å². The number of benzene rings is 1. The second-order valence-corrected chi connectivity index (χ2v) is 3.60. The van der Waals surface area contributed by atoms with Crippen LogP contribution in [0.15, 0.2) is 16.8 Å². The fourth-order valence-electron chi connectivity index (χ4n) is 1.87. The van der Waals surface area contributed by atoms with Crippen molar-refractivity contribution in [1.82, 2.24) is 5.16 Å². The highest BCUT2D eigenvalue weighted by atomic mass is 19.1. The molecule has 0 bridgehead atoms. The highest BCUT2D eigenvalue weighted by molar-refractivity contribution is 5.85. The van der Waals surface area contributed by atoms with Gasteiger partial charge in [0.1, 0.15) is 0 Å². The quantitative estimate of drug-likeness (QED) is 0.877. The van der Waals surface area contributed by atoms with Crippen LogP contribution in [0.1, 0.15) is 0 Å². The van der Waals surface area contributed by atoms with Gasteiger partial charge >= 0.3 is 0 Å². The summed E-state index contributed by atoms with van der Waals surface area (Å²) in [5, 5.41) is 3.55. The standard InChI is InChI=1S/C11H9FN2O4/c1-15-9-6(12)2-7-10(17-4-16-7)8(9)5-3-14-18-11(5)13/h2-3H,4,13H2,1H3. The smallest absolute Gasteiger partial charge is 0.231 e. The SMILES string of the molecule is COc1c(F)cc2c(c1-c1cnoc1N)OCO2. The predicted octanol–water partition coefficient (Wildman–Crippen LogP) is 1.80. The summed E-state index contributed by atoms with van der Waals surface area (Å²) < 4.78 is 34.2. The van der Waals surface area contributed by atoms with Gasteiger partial charge in [-0.15, -0.1) is 0 Å². The fourth-order valence-corrected chi connectivity index (χ4v) is 1.87. The number of halogens is 1. The summed E-state index contributed by atoms with van der Waals surface area (Å²) in [4.78, 5) is 0. The molecule has 0 saturated carbocycles. The maximum absolute atomic E-state index is 13.9. The summed E-state index contributed by atoms with van der Waals surface area (Å²) in [6.45, 7) is 0.0140. The zero-order valence-corrected chi connectivity index (χ0v) is 9.40. The molecular weight excluding hydrogens is 243 g/mol. The topological polar surface area (TPSA) is 79.7 Å². The molecule has 0 radical (unpaired) electrons. The Balaban J connectivity index is 2.33. The molecule has 1 aliphatic heterocycles. The monoisotopic (exact) mass is 252 g/mol. The summed E-state index contributed by atoms with van der Waals surface area (Å²) in [5.41, 5.74) is 6.37. The van der Waals surface area contributed by atoms with E-state index in [1.54, 1.807) is 0 Å². The van der Waals surface area contributed by atoms with E-state index in [1.807, 2.05) is 0 Å². The number of nitrogen functional groups attached to an aromatic ring is 1. The predicted molar refractivity (Wildman–Crippen MR) is 59.0 cm³/mol. The van der Waals surface area contributed by atoms with Gasteiger partial charge in [-0.2, -0.15) is 0 Å². The summed E-state index contributed by atoms with van der Waals surface area (Å²) in [6.07, 6.45) is 1.37. The number of hydrogen-bond acceptors (Lipinski definition) is 6. The van der Waals surface area contributed by atoms with Crippen molar-refractivity contribution in [2.45, 2.75) is 0 Å². The van der Waals surface area contributed by atoms with E-state index in [2.05, 4.69) is 5.16 Å². The molecule has 0 amide bonds. The molecule has 0 fully saturated rings. The number of rotatable bonds is 2. The van der Waals surface area contributed by atoms with Crippen LogP contribution >= 0.6 is 0 Å². The van der Waals surface area contributed by atoms with Crippen LogP contribution in [-0.2, 0) is 0 Å². The first-order chi connectivity index (χ1) is 8.72. The Morgan fingerprint density at radius 1 is 1.44 bits per heavy atom. The zero-order chi connectivity index (χ0) is 12.7. The van der Waals surface area contributed by atoms with Gasteiger partial charge in [0.05, 0.1) is 24.4 Å².